The number of rotatable bonds is 9. The van der Waals surface area contributed by atoms with Crippen LogP contribution in [-0.4, -0.2) is 110 Å². The highest BCUT2D eigenvalue weighted by atomic mass is 16.6. The standard InChI is InChI=1S/C35H50N2O9/c1-7-37-16-32(17-45-30(39)19-10-8-9-11-22(19)36)13-12-24(43-5)34-21-14-20-23(42-4)15-33(40,25(21)26(20)46-29(38)18(2)3)35(41,31(34)37)28(44-6)27(32)34/h8-11,18,20-21,23-28,31,40-41H,7,12-17,36H2,1-6H3/t20-,21-,23+,24+,25-,26+,27-,28+,31+,32+,33-,34+,35-/m1/s1. The maximum atomic E-state index is 13.5. The number of anilines is 1. The van der Waals surface area contributed by atoms with Gasteiger partial charge in [0, 0.05) is 68.6 Å². The van der Waals surface area contributed by atoms with Gasteiger partial charge in [-0.25, -0.2) is 4.79 Å². The minimum absolute atomic E-state index is 0.105. The van der Waals surface area contributed by atoms with Gasteiger partial charge in [-0.15, -0.1) is 0 Å². The number of methoxy groups -OCH3 is 3. The third-order valence-electron chi connectivity index (χ3n) is 13.4. The highest BCUT2D eigenvalue weighted by molar-refractivity contribution is 5.95. The van der Waals surface area contributed by atoms with Gasteiger partial charge in [0.2, 0.25) is 0 Å². The van der Waals surface area contributed by atoms with Gasteiger partial charge in [-0.1, -0.05) is 32.9 Å². The lowest BCUT2D eigenvalue weighted by Crippen LogP contribution is -2.82. The maximum Gasteiger partial charge on any atom is 0.340 e. The van der Waals surface area contributed by atoms with E-state index in [1.807, 2.05) is 0 Å². The monoisotopic (exact) mass is 642 g/mol. The Morgan fingerprint density at radius 3 is 2.48 bits per heavy atom. The Bertz CT molecular complexity index is 1390. The molecule has 7 bridgehead atoms. The van der Waals surface area contributed by atoms with Crippen molar-refractivity contribution in [1.29, 1.82) is 0 Å². The number of carbonyl (C=O) groups excluding carboxylic acids is 2. The second-order valence-electron chi connectivity index (χ2n) is 15.2. The smallest absolute Gasteiger partial charge is 0.340 e. The van der Waals surface area contributed by atoms with Gasteiger partial charge in [-0.3, -0.25) is 9.69 Å². The predicted molar refractivity (Wildman–Crippen MR) is 166 cm³/mol. The lowest BCUT2D eigenvalue weighted by atomic mass is 9.42. The maximum absolute atomic E-state index is 13.5. The van der Waals surface area contributed by atoms with Gasteiger partial charge >= 0.3 is 11.9 Å². The number of nitrogen functional groups attached to an aromatic ring is 1. The quantitative estimate of drug-likeness (QED) is 0.269. The normalized spacial score (nSPS) is 46.8. The molecule has 5 aliphatic carbocycles. The first-order valence-corrected chi connectivity index (χ1v) is 16.9. The number of hydrogen-bond donors (Lipinski definition) is 3. The van der Waals surface area contributed by atoms with Crippen molar-refractivity contribution >= 4 is 17.6 Å². The van der Waals surface area contributed by atoms with Gasteiger partial charge in [-0.05, 0) is 43.9 Å². The lowest BCUT2D eigenvalue weighted by molar-refractivity contribution is -0.319. The Balaban J connectivity index is 1.40. The third-order valence-corrected chi connectivity index (χ3v) is 13.4. The molecule has 13 atom stereocenters. The SMILES string of the molecule is CCN1C[C@]2(COC(=O)c3ccccc3N)CC[C@H](OC)[C@@]34[C@@H]5C[C@H]6[C@H](OC(=O)C(C)C)[C@@H]5[C@](O)(C[C@@H]6OC)[C@@](O)([C@@H](OC)[C@H]23)[C@@H]14. The summed E-state index contributed by atoms with van der Waals surface area (Å²) in [6, 6.07) is 6.38. The van der Waals surface area contributed by atoms with Gasteiger partial charge in [0.25, 0.3) is 0 Å². The van der Waals surface area contributed by atoms with Crippen molar-refractivity contribution in [3.63, 3.8) is 0 Å². The summed E-state index contributed by atoms with van der Waals surface area (Å²) in [6.45, 7) is 6.94. The Kier molecular flexibility index (Phi) is 7.62. The molecule has 0 aromatic heterocycles. The molecule has 1 saturated heterocycles. The van der Waals surface area contributed by atoms with E-state index in [1.54, 1.807) is 59.4 Å². The number of piperidine rings is 1. The van der Waals surface area contributed by atoms with E-state index in [9.17, 15) is 19.8 Å². The van der Waals surface area contributed by atoms with Crippen LogP contribution in [0.3, 0.4) is 0 Å². The number of likely N-dealkylation sites (tertiary alicyclic amines) is 1. The Labute approximate surface area is 271 Å². The summed E-state index contributed by atoms with van der Waals surface area (Å²) in [6.07, 6.45) is 0.0868. The molecule has 0 unspecified atom stereocenters. The summed E-state index contributed by atoms with van der Waals surface area (Å²) in [5.74, 6) is -2.36. The van der Waals surface area contributed by atoms with Crippen LogP contribution >= 0.6 is 0 Å². The molecule has 1 spiro atoms. The number of likely N-dealkylation sites (N-methyl/N-ethyl adjacent to an activating group) is 1. The van der Waals surface area contributed by atoms with Gasteiger partial charge in [0.05, 0.1) is 42.4 Å². The van der Waals surface area contributed by atoms with Crippen LogP contribution in [-0.2, 0) is 28.5 Å². The molecule has 46 heavy (non-hydrogen) atoms. The van der Waals surface area contributed by atoms with Crippen LogP contribution in [0.5, 0.6) is 0 Å². The average Bonchev–Trinajstić information content (AvgIpc) is 3.43. The van der Waals surface area contributed by atoms with Crippen LogP contribution in [0.25, 0.3) is 0 Å². The van der Waals surface area contributed by atoms with E-state index >= 15 is 0 Å². The molecule has 1 aliphatic heterocycles. The number of benzene rings is 1. The van der Waals surface area contributed by atoms with Gasteiger partial charge in [0.15, 0.2) is 0 Å². The second kappa shape index (κ2) is 10.9. The van der Waals surface area contributed by atoms with E-state index in [0.29, 0.717) is 43.6 Å². The van der Waals surface area contributed by atoms with E-state index in [-0.39, 0.29) is 48.8 Å². The predicted octanol–water partition coefficient (Wildman–Crippen LogP) is 2.27. The molecule has 4 N–H and O–H groups in total. The number of hydrogen-bond acceptors (Lipinski definition) is 11. The zero-order chi connectivity index (χ0) is 33.0. The Morgan fingerprint density at radius 1 is 1.11 bits per heavy atom. The summed E-state index contributed by atoms with van der Waals surface area (Å²) in [5, 5.41) is 26.7. The van der Waals surface area contributed by atoms with Gasteiger partial charge in [-0.2, -0.15) is 0 Å². The number of fused-ring (bicyclic) bond motifs is 2. The molecule has 7 rings (SSSR count). The van der Waals surface area contributed by atoms with Crippen molar-refractivity contribution in [3.8, 4) is 0 Å². The average molecular weight is 643 g/mol. The number of nitrogens with two attached hydrogens (primary N) is 1. The van der Waals surface area contributed by atoms with Crippen molar-refractivity contribution in [2.24, 2.45) is 40.4 Å². The Hall–Kier alpha value is -2.28. The fraction of sp³-hybridized carbons (Fsp3) is 0.771. The molecule has 1 heterocycles. The lowest BCUT2D eigenvalue weighted by Gasteiger charge is -2.70. The first kappa shape index (κ1) is 32.3. The minimum Gasteiger partial charge on any atom is -0.461 e. The third kappa shape index (κ3) is 3.76. The molecule has 11 heteroatoms. The number of para-hydroxylation sites is 1. The second-order valence-corrected chi connectivity index (χ2v) is 15.2. The first-order chi connectivity index (χ1) is 21.9. The van der Waals surface area contributed by atoms with Crippen molar-refractivity contribution in [1.82, 2.24) is 4.90 Å². The summed E-state index contributed by atoms with van der Waals surface area (Å²) in [7, 11) is 4.95. The number of nitrogens with zero attached hydrogens (tertiary/aromatic N) is 1. The topological polar surface area (TPSA) is 150 Å². The van der Waals surface area contributed by atoms with E-state index in [1.165, 1.54) is 0 Å². The number of ether oxygens (including phenoxy) is 5. The first-order valence-electron chi connectivity index (χ1n) is 16.9. The summed E-state index contributed by atoms with van der Waals surface area (Å²) in [5.41, 5.74) is 2.08. The number of aliphatic hydroxyl groups is 2. The van der Waals surface area contributed by atoms with Crippen LogP contribution in [0.4, 0.5) is 5.69 Å². The fourth-order valence-corrected chi connectivity index (χ4v) is 12.1. The highest BCUT2D eigenvalue weighted by Crippen LogP contribution is 2.80. The van der Waals surface area contributed by atoms with Crippen LogP contribution in [0.15, 0.2) is 24.3 Å². The summed E-state index contributed by atoms with van der Waals surface area (Å²) < 4.78 is 31.3. The Morgan fingerprint density at radius 2 is 1.85 bits per heavy atom. The molecule has 0 radical (unpaired) electrons. The summed E-state index contributed by atoms with van der Waals surface area (Å²) in [4.78, 5) is 28.9. The van der Waals surface area contributed by atoms with Crippen molar-refractivity contribution in [2.75, 3.05) is 46.8 Å². The molecule has 6 aliphatic rings. The van der Waals surface area contributed by atoms with Crippen LogP contribution in [0.2, 0.25) is 0 Å². The molecule has 6 fully saturated rings. The molecular weight excluding hydrogens is 592 g/mol. The van der Waals surface area contributed by atoms with Crippen molar-refractivity contribution in [3.05, 3.63) is 29.8 Å². The molecule has 11 nitrogen and oxygen atoms in total. The van der Waals surface area contributed by atoms with Crippen LogP contribution < -0.4 is 5.73 Å². The molecule has 1 aromatic rings. The number of carbonyl (C=O) groups is 2. The van der Waals surface area contributed by atoms with Crippen molar-refractivity contribution < 1.29 is 43.5 Å². The fourth-order valence-electron chi connectivity index (χ4n) is 12.1. The zero-order valence-electron chi connectivity index (χ0n) is 27.8. The zero-order valence-corrected chi connectivity index (χ0v) is 27.8. The largest absolute Gasteiger partial charge is 0.461 e. The molecule has 5 saturated carbocycles. The van der Waals surface area contributed by atoms with Crippen LogP contribution in [0.1, 0.15) is 56.8 Å². The highest BCUT2D eigenvalue weighted by Gasteiger charge is 2.92. The van der Waals surface area contributed by atoms with E-state index in [0.717, 1.165) is 0 Å². The summed E-state index contributed by atoms with van der Waals surface area (Å²) >= 11 is 0. The molecule has 254 valence electrons. The van der Waals surface area contributed by atoms with Gasteiger partial charge in [0.1, 0.15) is 17.3 Å². The van der Waals surface area contributed by atoms with E-state index in [4.69, 9.17) is 29.4 Å². The van der Waals surface area contributed by atoms with Crippen molar-refractivity contribution in [2.45, 2.75) is 88.1 Å². The van der Waals surface area contributed by atoms with Gasteiger partial charge < -0.3 is 39.6 Å². The van der Waals surface area contributed by atoms with E-state index < -0.39 is 58.3 Å². The minimum atomic E-state index is -1.76. The molecule has 0 amide bonds. The number of esters is 2. The van der Waals surface area contributed by atoms with E-state index in [2.05, 4.69) is 11.8 Å². The van der Waals surface area contributed by atoms with Crippen LogP contribution in [0, 0.1) is 40.4 Å². The molecular formula is C35H50N2O9. The molecule has 1 aromatic carbocycles.